The Labute approximate surface area is 395 Å². The van der Waals surface area contributed by atoms with Gasteiger partial charge in [0.05, 0.1) is 27.4 Å². The van der Waals surface area contributed by atoms with Crippen LogP contribution in [0.5, 0.6) is 11.5 Å². The fraction of sp³-hybridized carbons (Fsp3) is 0.404. The monoisotopic (exact) mass is 900 g/mol. The van der Waals surface area contributed by atoms with E-state index in [-0.39, 0.29) is 23.6 Å². The van der Waals surface area contributed by atoms with Gasteiger partial charge in [-0.3, -0.25) is 0 Å². The van der Waals surface area contributed by atoms with Crippen molar-refractivity contribution >= 4 is 35.6 Å². The van der Waals surface area contributed by atoms with Crippen molar-refractivity contribution in [2.75, 3.05) is 27.4 Å². The fourth-order valence-electron chi connectivity index (χ4n) is 6.49. The number of nitrogens with zero attached hydrogens (tertiary/aromatic N) is 1. The Morgan fingerprint density at radius 1 is 0.636 bits per heavy atom. The Kier molecular flexibility index (Phi) is 28.7. The number of benzene rings is 4. The molecule has 0 aromatic heterocycles. The van der Waals surface area contributed by atoms with Crippen LogP contribution in [-0.2, 0) is 28.6 Å². The summed E-state index contributed by atoms with van der Waals surface area (Å²) in [5, 5.41) is 9.74. The molecule has 0 saturated heterocycles. The number of hydrogen-bond donors (Lipinski definition) is 0. The Balaban J connectivity index is 0.000000348. The topological polar surface area (TPSA) is 121 Å². The number of carbonyl (C=O) groups is 3. The van der Waals surface area contributed by atoms with Crippen LogP contribution in [-0.4, -0.2) is 51.4 Å². The van der Waals surface area contributed by atoms with Gasteiger partial charge >= 0.3 is 17.9 Å². The van der Waals surface area contributed by atoms with Gasteiger partial charge in [0, 0.05) is 23.3 Å². The Morgan fingerprint density at radius 3 is 1.79 bits per heavy atom. The maximum atomic E-state index is 12.8. The molecule has 0 heterocycles. The lowest BCUT2D eigenvalue weighted by Gasteiger charge is -2.16. The van der Waals surface area contributed by atoms with Crippen molar-refractivity contribution in [3.8, 4) is 17.6 Å². The molecule has 66 heavy (non-hydrogen) atoms. The van der Waals surface area contributed by atoms with Crippen molar-refractivity contribution < 1.29 is 38.1 Å². The number of hydrogen-bond acceptors (Lipinski definition) is 9. The lowest BCUT2D eigenvalue weighted by atomic mass is 9.93. The number of unbranched alkanes of at least 4 members (excludes halogenated alkanes) is 3. The first-order chi connectivity index (χ1) is 32.0. The second-order valence-corrected chi connectivity index (χ2v) is 16.1. The molecule has 0 saturated carbocycles. The van der Waals surface area contributed by atoms with E-state index in [4.69, 9.17) is 23.7 Å². The summed E-state index contributed by atoms with van der Waals surface area (Å²) in [4.78, 5) is 36.0. The third-order valence-electron chi connectivity index (χ3n) is 10.6. The highest BCUT2D eigenvalue weighted by molar-refractivity contribution is 6.05. The van der Waals surface area contributed by atoms with E-state index in [9.17, 15) is 19.6 Å². The van der Waals surface area contributed by atoms with Crippen LogP contribution in [0.15, 0.2) is 127 Å². The summed E-state index contributed by atoms with van der Waals surface area (Å²) < 4.78 is 26.4. The molecule has 9 heteroatoms. The number of rotatable bonds is 24. The SMILES string of the molecule is CCCCC(CC)COC(=O)C(C#N)=C(c1ccccc1)c1ccccc1.CCCCCC(CC)OC(=O)/C=C/c1ccccc1OC.COc1ccc(C=CC(=O)OCCC(C)C)cc1. The summed E-state index contributed by atoms with van der Waals surface area (Å²) in [6, 6.07) is 36.2. The summed E-state index contributed by atoms with van der Waals surface area (Å²) in [5.41, 5.74) is 4.14. The molecule has 0 aliphatic carbocycles. The van der Waals surface area contributed by atoms with Gasteiger partial charge in [0.15, 0.2) is 0 Å². The average Bonchev–Trinajstić information content (AvgIpc) is 3.35. The second-order valence-electron chi connectivity index (χ2n) is 16.1. The molecule has 2 unspecified atom stereocenters. The molecule has 2 atom stereocenters. The molecule has 9 nitrogen and oxygen atoms in total. The molecule has 0 amide bonds. The van der Waals surface area contributed by atoms with Gasteiger partial charge in [-0.1, -0.05) is 165 Å². The zero-order valence-electron chi connectivity index (χ0n) is 40.6. The Morgan fingerprint density at radius 2 is 1.24 bits per heavy atom. The standard InChI is InChI=1S/C24H27NO2.C18H26O3.C15H20O3/c1-3-5-12-19(4-2)18-27-24(26)22(17-25)23(20-13-8-6-9-14-20)21-15-10-7-11-16-21;1-4-6-7-11-16(5-2)21-18(19)14-13-15-10-8-9-12-17(15)20-3;1-12(2)10-11-18-15(16)9-6-13-4-7-14(17-3)8-5-13/h6-11,13-16,19H,3-5,12,18H2,1-2H3;8-10,12-14,16H,4-7,11H2,1-3H3;4-9,12H,10-11H2,1-3H3/b;14-13+;. The molecular formula is C57H73NO8. The summed E-state index contributed by atoms with van der Waals surface area (Å²) in [6.45, 7) is 13.5. The fourth-order valence-corrected chi connectivity index (χ4v) is 6.49. The normalized spacial score (nSPS) is 11.5. The Hall–Kier alpha value is -6.40. The number of ether oxygens (including phenoxy) is 5. The molecule has 354 valence electrons. The molecule has 0 fully saturated rings. The second kappa shape index (κ2) is 34.0. The largest absolute Gasteiger partial charge is 0.497 e. The lowest BCUT2D eigenvalue weighted by molar-refractivity contribution is -0.143. The van der Waals surface area contributed by atoms with E-state index in [2.05, 4.69) is 40.7 Å². The van der Waals surface area contributed by atoms with Crippen LogP contribution < -0.4 is 9.47 Å². The molecule has 0 spiro atoms. The van der Waals surface area contributed by atoms with E-state index in [1.54, 1.807) is 26.4 Å². The first kappa shape index (κ1) is 55.7. The van der Waals surface area contributed by atoms with Crippen LogP contribution in [0.25, 0.3) is 17.7 Å². The van der Waals surface area contributed by atoms with Gasteiger partial charge in [-0.25, -0.2) is 14.4 Å². The molecule has 4 aromatic carbocycles. The van der Waals surface area contributed by atoms with Crippen molar-refractivity contribution in [2.24, 2.45) is 11.8 Å². The van der Waals surface area contributed by atoms with Crippen LogP contribution in [0.1, 0.15) is 128 Å². The predicted octanol–water partition coefficient (Wildman–Crippen LogP) is 13.7. The summed E-state index contributed by atoms with van der Waals surface area (Å²) in [7, 11) is 3.24. The van der Waals surface area contributed by atoms with Crippen LogP contribution in [0, 0.1) is 23.2 Å². The van der Waals surface area contributed by atoms with Crippen molar-refractivity contribution in [1.29, 1.82) is 5.26 Å². The maximum Gasteiger partial charge on any atom is 0.349 e. The molecular weight excluding hydrogens is 827 g/mol. The van der Waals surface area contributed by atoms with Crippen molar-refractivity contribution in [3.63, 3.8) is 0 Å². The first-order valence-corrected chi connectivity index (χ1v) is 23.5. The molecule has 4 aromatic rings. The molecule has 0 N–H and O–H groups in total. The average molecular weight is 900 g/mol. The molecule has 0 bridgehead atoms. The minimum absolute atomic E-state index is 0.0198. The predicted molar refractivity (Wildman–Crippen MR) is 268 cm³/mol. The minimum Gasteiger partial charge on any atom is -0.497 e. The lowest BCUT2D eigenvalue weighted by Crippen LogP contribution is -2.16. The van der Waals surface area contributed by atoms with Gasteiger partial charge in [-0.2, -0.15) is 5.26 Å². The number of nitriles is 1. The van der Waals surface area contributed by atoms with E-state index in [1.807, 2.05) is 116 Å². The van der Waals surface area contributed by atoms with E-state index < -0.39 is 5.97 Å². The summed E-state index contributed by atoms with van der Waals surface area (Å²) >= 11 is 0. The van der Waals surface area contributed by atoms with Gasteiger partial charge in [0.2, 0.25) is 0 Å². The van der Waals surface area contributed by atoms with E-state index in [1.165, 1.54) is 25.0 Å². The number of para-hydroxylation sites is 1. The smallest absolute Gasteiger partial charge is 0.349 e. The van der Waals surface area contributed by atoms with Gasteiger partial charge in [0.25, 0.3) is 0 Å². The number of carbonyl (C=O) groups excluding carboxylic acids is 3. The van der Waals surface area contributed by atoms with Gasteiger partial charge in [-0.05, 0) is 91.0 Å². The highest BCUT2D eigenvalue weighted by atomic mass is 16.5. The van der Waals surface area contributed by atoms with E-state index >= 15 is 0 Å². The maximum absolute atomic E-state index is 12.8. The minimum atomic E-state index is -0.546. The number of esters is 3. The molecule has 0 aliphatic heterocycles. The summed E-state index contributed by atoms with van der Waals surface area (Å²) in [5.74, 6) is 1.29. The highest BCUT2D eigenvalue weighted by Gasteiger charge is 2.21. The highest BCUT2D eigenvalue weighted by Crippen LogP contribution is 2.28. The zero-order valence-corrected chi connectivity index (χ0v) is 40.6. The van der Waals surface area contributed by atoms with Gasteiger partial charge in [-0.15, -0.1) is 0 Å². The van der Waals surface area contributed by atoms with E-state index in [0.29, 0.717) is 30.6 Å². The van der Waals surface area contributed by atoms with Crippen molar-refractivity contribution in [3.05, 3.63) is 149 Å². The van der Waals surface area contributed by atoms with Crippen LogP contribution in [0.3, 0.4) is 0 Å². The van der Waals surface area contributed by atoms with Crippen LogP contribution >= 0.6 is 0 Å². The molecule has 0 radical (unpaired) electrons. The summed E-state index contributed by atoms with van der Waals surface area (Å²) in [6.07, 6.45) is 16.8. The Bertz CT molecular complexity index is 2060. The van der Waals surface area contributed by atoms with Gasteiger partial charge in [0.1, 0.15) is 29.2 Å². The van der Waals surface area contributed by atoms with E-state index in [0.717, 1.165) is 85.1 Å². The van der Waals surface area contributed by atoms with Crippen LogP contribution in [0.4, 0.5) is 0 Å². The van der Waals surface area contributed by atoms with Crippen molar-refractivity contribution in [1.82, 2.24) is 0 Å². The zero-order chi connectivity index (χ0) is 48.4. The van der Waals surface area contributed by atoms with Crippen LogP contribution in [0.2, 0.25) is 0 Å². The first-order valence-electron chi connectivity index (χ1n) is 23.5. The van der Waals surface area contributed by atoms with Gasteiger partial charge < -0.3 is 23.7 Å². The third-order valence-corrected chi connectivity index (χ3v) is 10.6. The third kappa shape index (κ3) is 22.5. The van der Waals surface area contributed by atoms with Crippen molar-refractivity contribution in [2.45, 2.75) is 112 Å². The molecule has 4 rings (SSSR count). The molecule has 0 aliphatic rings. The quantitative estimate of drug-likeness (QED) is 0.0222. The number of methoxy groups -OCH3 is 2.